The van der Waals surface area contributed by atoms with Crippen LogP contribution in [0.4, 0.5) is 0 Å². The lowest BCUT2D eigenvalue weighted by molar-refractivity contribution is 0.620. The van der Waals surface area contributed by atoms with E-state index in [2.05, 4.69) is 152 Å². The van der Waals surface area contributed by atoms with Crippen molar-refractivity contribution in [2.24, 2.45) is 0 Å². The van der Waals surface area contributed by atoms with E-state index in [4.69, 9.17) is 24.4 Å². The second-order valence-corrected chi connectivity index (χ2v) is 16.7. The molecule has 0 unspecified atom stereocenters. The molecule has 7 heteroatoms. The predicted molar refractivity (Wildman–Crippen MR) is 246 cm³/mol. The van der Waals surface area contributed by atoms with Crippen molar-refractivity contribution in [3.8, 4) is 67.9 Å². The van der Waals surface area contributed by atoms with Crippen molar-refractivity contribution in [1.82, 2.24) is 19.9 Å². The number of aromatic nitrogens is 4. The predicted octanol–water partition coefficient (Wildman–Crippen LogP) is 14.8. The summed E-state index contributed by atoms with van der Waals surface area (Å²) in [6.07, 6.45) is 0. The summed E-state index contributed by atoms with van der Waals surface area (Å²) in [7, 11) is 0. The fourth-order valence-corrected chi connectivity index (χ4v) is 10.5. The third kappa shape index (κ3) is 5.82. The third-order valence-electron chi connectivity index (χ3n) is 11.0. The molecule has 8 aromatic carbocycles. The lowest BCUT2D eigenvalue weighted by atomic mass is 10.00. The highest BCUT2D eigenvalue weighted by Crippen LogP contribution is 2.43. The standard InChI is InChI=1S/C52H30N4OS2/c1-3-12-31(13-4-1)33-24-26-42-43(30-33)57-52(53-42)36-25-27-45-41(29-36)38-20-10-19-37(48(38)59-45)34-16-9-17-35(28-34)50-54-49(32-14-5-2-6-15-32)55-51(56-50)40-21-11-23-46-47(40)39-18-7-8-22-44(39)58-46/h1-30H. The Kier molecular flexibility index (Phi) is 7.82. The Bertz CT molecular complexity index is 3570. The first-order valence-electron chi connectivity index (χ1n) is 19.4. The van der Waals surface area contributed by atoms with Gasteiger partial charge in [0.25, 0.3) is 0 Å². The molecule has 59 heavy (non-hydrogen) atoms. The van der Waals surface area contributed by atoms with Gasteiger partial charge in [0, 0.05) is 62.6 Å². The van der Waals surface area contributed by atoms with Crippen LogP contribution in [0, 0.1) is 0 Å². The molecule has 0 bridgehead atoms. The zero-order valence-corrected chi connectivity index (χ0v) is 33.0. The van der Waals surface area contributed by atoms with Crippen LogP contribution in [0.3, 0.4) is 0 Å². The number of fused-ring (bicyclic) bond motifs is 7. The van der Waals surface area contributed by atoms with Gasteiger partial charge in [0.1, 0.15) is 5.52 Å². The second kappa shape index (κ2) is 13.7. The first-order valence-corrected chi connectivity index (χ1v) is 21.1. The topological polar surface area (TPSA) is 64.7 Å². The van der Waals surface area contributed by atoms with Crippen LogP contribution in [0.15, 0.2) is 186 Å². The molecule has 0 atom stereocenters. The molecule has 0 saturated heterocycles. The van der Waals surface area contributed by atoms with Crippen LogP contribution in [0.25, 0.3) is 119 Å². The summed E-state index contributed by atoms with van der Waals surface area (Å²) < 4.78 is 11.3. The summed E-state index contributed by atoms with van der Waals surface area (Å²) in [6, 6.07) is 63.4. The van der Waals surface area contributed by atoms with Gasteiger partial charge >= 0.3 is 0 Å². The van der Waals surface area contributed by atoms with Crippen molar-refractivity contribution in [1.29, 1.82) is 0 Å². The van der Waals surface area contributed by atoms with E-state index in [9.17, 15) is 0 Å². The van der Waals surface area contributed by atoms with Crippen LogP contribution in [-0.2, 0) is 0 Å². The summed E-state index contributed by atoms with van der Waals surface area (Å²) in [5, 5.41) is 4.76. The molecule has 0 fully saturated rings. The molecule has 0 aliphatic heterocycles. The van der Waals surface area contributed by atoms with Crippen molar-refractivity contribution < 1.29 is 4.42 Å². The molecule has 276 valence electrons. The number of nitrogens with zero attached hydrogens (tertiary/aromatic N) is 4. The molecule has 0 amide bonds. The van der Waals surface area contributed by atoms with E-state index in [0.29, 0.717) is 23.4 Å². The molecule has 12 rings (SSSR count). The lowest BCUT2D eigenvalue weighted by Crippen LogP contribution is -2.00. The van der Waals surface area contributed by atoms with Gasteiger partial charge in [-0.15, -0.1) is 22.7 Å². The second-order valence-electron chi connectivity index (χ2n) is 14.6. The average molecular weight is 791 g/mol. The fraction of sp³-hybridized carbons (Fsp3) is 0. The number of oxazole rings is 1. The van der Waals surface area contributed by atoms with Gasteiger partial charge < -0.3 is 4.42 Å². The van der Waals surface area contributed by atoms with Gasteiger partial charge in [-0.05, 0) is 70.8 Å². The maximum absolute atomic E-state index is 6.39. The molecule has 0 N–H and O–H groups in total. The van der Waals surface area contributed by atoms with Crippen molar-refractivity contribution in [2.75, 3.05) is 0 Å². The van der Waals surface area contributed by atoms with E-state index in [-0.39, 0.29) is 0 Å². The Morgan fingerprint density at radius 2 is 1.00 bits per heavy atom. The Balaban J connectivity index is 0.956. The van der Waals surface area contributed by atoms with Gasteiger partial charge in [-0.1, -0.05) is 133 Å². The van der Waals surface area contributed by atoms with E-state index >= 15 is 0 Å². The van der Waals surface area contributed by atoms with Crippen molar-refractivity contribution in [3.63, 3.8) is 0 Å². The van der Waals surface area contributed by atoms with E-state index in [1.807, 2.05) is 30.3 Å². The molecular weight excluding hydrogens is 761 g/mol. The van der Waals surface area contributed by atoms with E-state index in [0.717, 1.165) is 55.6 Å². The summed E-state index contributed by atoms with van der Waals surface area (Å²) in [4.78, 5) is 20.3. The fourth-order valence-electron chi connectivity index (χ4n) is 8.15. The molecule has 0 aliphatic carbocycles. The highest BCUT2D eigenvalue weighted by atomic mass is 32.1. The molecular formula is C52H30N4OS2. The van der Waals surface area contributed by atoms with Crippen LogP contribution in [-0.4, -0.2) is 19.9 Å². The largest absolute Gasteiger partial charge is 0.436 e. The van der Waals surface area contributed by atoms with Gasteiger partial charge in [-0.2, -0.15) is 0 Å². The highest BCUT2D eigenvalue weighted by Gasteiger charge is 2.19. The Labute approximate surface area is 346 Å². The van der Waals surface area contributed by atoms with Gasteiger partial charge in [0.15, 0.2) is 23.1 Å². The molecule has 12 aromatic rings. The Hall–Kier alpha value is -7.32. The number of benzene rings is 8. The molecule has 5 nitrogen and oxygen atoms in total. The zero-order chi connectivity index (χ0) is 38.9. The molecule has 0 spiro atoms. The Morgan fingerprint density at radius 1 is 0.356 bits per heavy atom. The first kappa shape index (κ1) is 33.8. The van der Waals surface area contributed by atoms with Crippen LogP contribution in [0.1, 0.15) is 0 Å². The SMILES string of the molecule is c1ccc(-c2ccc3nc(-c4ccc5sc6c(-c7cccc(-c8nc(-c9ccccc9)nc(-c9cccc%10sc%11ccccc%11c9%10)n8)c7)cccc6c5c4)oc3c2)cc1. The quantitative estimate of drug-likeness (QED) is 0.168. The minimum Gasteiger partial charge on any atom is -0.436 e. The molecule has 4 aromatic heterocycles. The van der Waals surface area contributed by atoms with Crippen LogP contribution in [0.5, 0.6) is 0 Å². The number of rotatable bonds is 6. The number of hydrogen-bond donors (Lipinski definition) is 0. The first-order chi connectivity index (χ1) is 29.2. The van der Waals surface area contributed by atoms with Crippen molar-refractivity contribution >= 4 is 74.1 Å². The summed E-state index contributed by atoms with van der Waals surface area (Å²) >= 11 is 3.60. The summed E-state index contributed by atoms with van der Waals surface area (Å²) in [5.74, 6) is 2.55. The number of hydrogen-bond acceptors (Lipinski definition) is 7. The maximum atomic E-state index is 6.39. The van der Waals surface area contributed by atoms with Gasteiger partial charge in [-0.3, -0.25) is 0 Å². The average Bonchev–Trinajstić information content (AvgIpc) is 4.02. The monoisotopic (exact) mass is 790 g/mol. The maximum Gasteiger partial charge on any atom is 0.227 e. The minimum absolute atomic E-state index is 0.616. The molecule has 0 radical (unpaired) electrons. The van der Waals surface area contributed by atoms with Crippen molar-refractivity contribution in [3.05, 3.63) is 182 Å². The van der Waals surface area contributed by atoms with E-state index in [1.165, 1.54) is 40.3 Å². The third-order valence-corrected chi connectivity index (χ3v) is 13.3. The number of thiophene rings is 2. The summed E-state index contributed by atoms with van der Waals surface area (Å²) in [6.45, 7) is 0. The van der Waals surface area contributed by atoms with Crippen LogP contribution >= 0.6 is 22.7 Å². The van der Waals surface area contributed by atoms with Crippen LogP contribution < -0.4 is 0 Å². The smallest absolute Gasteiger partial charge is 0.227 e. The molecule has 4 heterocycles. The molecule has 0 saturated carbocycles. The minimum atomic E-state index is 0.616. The van der Waals surface area contributed by atoms with E-state index < -0.39 is 0 Å². The van der Waals surface area contributed by atoms with Crippen molar-refractivity contribution in [2.45, 2.75) is 0 Å². The molecule has 0 aliphatic rings. The van der Waals surface area contributed by atoms with E-state index in [1.54, 1.807) is 22.7 Å². The van der Waals surface area contributed by atoms with Gasteiger partial charge in [-0.25, -0.2) is 19.9 Å². The van der Waals surface area contributed by atoms with Crippen LogP contribution in [0.2, 0.25) is 0 Å². The normalized spacial score (nSPS) is 11.7. The van der Waals surface area contributed by atoms with Gasteiger partial charge in [0.2, 0.25) is 5.89 Å². The zero-order valence-electron chi connectivity index (χ0n) is 31.3. The summed E-state index contributed by atoms with van der Waals surface area (Å²) in [5.41, 5.74) is 9.96. The Morgan fingerprint density at radius 3 is 1.88 bits per heavy atom. The highest BCUT2D eigenvalue weighted by molar-refractivity contribution is 7.26. The lowest BCUT2D eigenvalue weighted by Gasteiger charge is -2.11. The van der Waals surface area contributed by atoms with Gasteiger partial charge in [0.05, 0.1) is 0 Å².